The largest absolute Gasteiger partial charge is 0.522 e. The van der Waals surface area contributed by atoms with Crippen molar-refractivity contribution in [3.63, 3.8) is 0 Å². The SMILES string of the molecule is C[C@@H](SC1COC(/C=C/C2CCC(OC(F)(F)F)CC2)OC1)C(O)(Cn1cncn1)C1CCC(F)CC1F. The molecule has 38 heavy (non-hydrogen) atoms. The van der Waals surface area contributed by atoms with E-state index >= 15 is 0 Å². The van der Waals surface area contributed by atoms with E-state index in [0.717, 1.165) is 0 Å². The number of alkyl halides is 5. The Morgan fingerprint density at radius 3 is 2.42 bits per heavy atom. The van der Waals surface area contributed by atoms with Crippen molar-refractivity contribution in [1.82, 2.24) is 14.8 Å². The molecule has 1 aromatic rings. The van der Waals surface area contributed by atoms with Gasteiger partial charge in [-0.25, -0.2) is 13.8 Å². The van der Waals surface area contributed by atoms with E-state index in [9.17, 15) is 27.1 Å². The smallest absolute Gasteiger partial charge is 0.386 e. The van der Waals surface area contributed by atoms with Crippen LogP contribution in [-0.4, -0.2) is 80.3 Å². The fourth-order valence-corrected chi connectivity index (χ4v) is 7.06. The van der Waals surface area contributed by atoms with Gasteiger partial charge in [0, 0.05) is 17.6 Å². The second-order valence-corrected chi connectivity index (χ2v) is 12.2. The number of aliphatic hydroxyl groups is 1. The average Bonchev–Trinajstić information content (AvgIpc) is 3.36. The fraction of sp³-hybridized carbons (Fsp3) is 0.840. The van der Waals surface area contributed by atoms with Gasteiger partial charge in [0.25, 0.3) is 0 Å². The summed E-state index contributed by atoms with van der Waals surface area (Å²) in [7, 11) is 0. The molecular formula is C25H36F5N3O4S. The molecule has 4 unspecified atom stereocenters. The zero-order chi connectivity index (χ0) is 27.3. The van der Waals surface area contributed by atoms with Crippen LogP contribution in [0.4, 0.5) is 22.0 Å². The van der Waals surface area contributed by atoms with Crippen molar-refractivity contribution >= 4 is 11.8 Å². The van der Waals surface area contributed by atoms with Crippen LogP contribution in [-0.2, 0) is 20.8 Å². The number of nitrogens with zero attached hydrogens (tertiary/aromatic N) is 3. The number of rotatable bonds is 9. The van der Waals surface area contributed by atoms with Crippen LogP contribution < -0.4 is 0 Å². The first-order valence-corrected chi connectivity index (χ1v) is 14.1. The predicted octanol–water partition coefficient (Wildman–Crippen LogP) is 5.00. The first-order chi connectivity index (χ1) is 18.0. The molecule has 13 heteroatoms. The maximum absolute atomic E-state index is 15.0. The highest BCUT2D eigenvalue weighted by Crippen LogP contribution is 2.43. The third-order valence-electron chi connectivity index (χ3n) is 7.79. The van der Waals surface area contributed by atoms with Crippen molar-refractivity contribution < 1.29 is 41.3 Å². The van der Waals surface area contributed by atoms with Crippen molar-refractivity contribution in [2.75, 3.05) is 13.2 Å². The molecule has 1 aromatic heterocycles. The van der Waals surface area contributed by atoms with E-state index < -0.39 is 47.9 Å². The van der Waals surface area contributed by atoms with Gasteiger partial charge in [-0.05, 0) is 50.5 Å². The van der Waals surface area contributed by atoms with Crippen LogP contribution in [0.1, 0.15) is 51.9 Å². The Morgan fingerprint density at radius 2 is 1.82 bits per heavy atom. The molecule has 2 aliphatic carbocycles. The Kier molecular flexibility index (Phi) is 10.1. The molecule has 3 fully saturated rings. The summed E-state index contributed by atoms with van der Waals surface area (Å²) >= 11 is 1.45. The molecule has 0 bridgehead atoms. The summed E-state index contributed by atoms with van der Waals surface area (Å²) in [4.78, 5) is 3.92. The van der Waals surface area contributed by atoms with Crippen molar-refractivity contribution in [3.8, 4) is 0 Å². The van der Waals surface area contributed by atoms with Gasteiger partial charge in [-0.1, -0.05) is 13.0 Å². The Balaban J connectivity index is 1.27. The van der Waals surface area contributed by atoms with E-state index in [2.05, 4.69) is 14.8 Å². The molecule has 216 valence electrons. The van der Waals surface area contributed by atoms with Gasteiger partial charge in [0.05, 0.1) is 31.1 Å². The molecule has 4 rings (SSSR count). The van der Waals surface area contributed by atoms with E-state index in [1.54, 1.807) is 6.08 Å². The van der Waals surface area contributed by atoms with Crippen LogP contribution in [0.5, 0.6) is 0 Å². The minimum Gasteiger partial charge on any atom is -0.386 e. The van der Waals surface area contributed by atoms with Crippen LogP contribution in [0.15, 0.2) is 24.8 Å². The monoisotopic (exact) mass is 569 g/mol. The summed E-state index contributed by atoms with van der Waals surface area (Å²) in [5.74, 6) is -0.596. The predicted molar refractivity (Wildman–Crippen MR) is 131 cm³/mol. The summed E-state index contributed by atoms with van der Waals surface area (Å²) in [6.07, 6.45) is 0.0749. The zero-order valence-corrected chi connectivity index (χ0v) is 22.1. The van der Waals surface area contributed by atoms with E-state index in [-0.39, 0.29) is 37.0 Å². The van der Waals surface area contributed by atoms with Crippen LogP contribution in [0.3, 0.4) is 0 Å². The summed E-state index contributed by atoms with van der Waals surface area (Å²) in [5.41, 5.74) is -1.48. The Hall–Kier alpha value is -1.28. The van der Waals surface area contributed by atoms with Gasteiger partial charge in [0.2, 0.25) is 0 Å². The first kappa shape index (κ1) is 29.7. The van der Waals surface area contributed by atoms with Gasteiger partial charge >= 0.3 is 6.36 Å². The summed E-state index contributed by atoms with van der Waals surface area (Å²) in [6.45, 7) is 2.58. The normalized spacial score (nSPS) is 35.7. The van der Waals surface area contributed by atoms with Gasteiger partial charge in [0.1, 0.15) is 30.6 Å². The Morgan fingerprint density at radius 1 is 1.11 bits per heavy atom. The molecule has 0 radical (unpaired) electrons. The van der Waals surface area contributed by atoms with E-state index in [1.165, 1.54) is 29.1 Å². The lowest BCUT2D eigenvalue weighted by Crippen LogP contribution is -2.55. The van der Waals surface area contributed by atoms with E-state index in [4.69, 9.17) is 9.47 Å². The molecule has 0 spiro atoms. The molecule has 1 aliphatic heterocycles. The Bertz CT molecular complexity index is 879. The quantitative estimate of drug-likeness (QED) is 0.331. The van der Waals surface area contributed by atoms with Crippen molar-refractivity contribution in [1.29, 1.82) is 0 Å². The lowest BCUT2D eigenvalue weighted by atomic mass is 9.73. The van der Waals surface area contributed by atoms with Crippen molar-refractivity contribution in [2.45, 2.75) is 106 Å². The third kappa shape index (κ3) is 8.12. The van der Waals surface area contributed by atoms with Gasteiger partial charge in [-0.15, -0.1) is 24.9 Å². The minimum absolute atomic E-state index is 0.0409. The molecule has 7 nitrogen and oxygen atoms in total. The van der Waals surface area contributed by atoms with Crippen LogP contribution in [0.2, 0.25) is 0 Å². The van der Waals surface area contributed by atoms with Gasteiger partial charge < -0.3 is 14.6 Å². The number of ether oxygens (including phenoxy) is 3. The van der Waals surface area contributed by atoms with Gasteiger partial charge in [-0.2, -0.15) is 5.10 Å². The highest BCUT2D eigenvalue weighted by Gasteiger charge is 2.49. The van der Waals surface area contributed by atoms with Crippen molar-refractivity contribution in [3.05, 3.63) is 24.8 Å². The maximum atomic E-state index is 15.0. The summed E-state index contributed by atoms with van der Waals surface area (Å²) < 4.78 is 83.2. The van der Waals surface area contributed by atoms with E-state index in [0.29, 0.717) is 38.9 Å². The molecule has 5 atom stereocenters. The van der Waals surface area contributed by atoms with Crippen molar-refractivity contribution in [2.24, 2.45) is 11.8 Å². The average molecular weight is 570 g/mol. The molecule has 0 aromatic carbocycles. The second kappa shape index (κ2) is 12.9. The maximum Gasteiger partial charge on any atom is 0.522 e. The molecule has 0 amide bonds. The second-order valence-electron chi connectivity index (χ2n) is 10.5. The first-order valence-electron chi connectivity index (χ1n) is 13.2. The van der Waals surface area contributed by atoms with Crippen LogP contribution in [0, 0.1) is 11.8 Å². The van der Waals surface area contributed by atoms with Crippen LogP contribution in [0.25, 0.3) is 0 Å². The third-order valence-corrected chi connectivity index (χ3v) is 9.26. The van der Waals surface area contributed by atoms with Gasteiger partial charge in [-0.3, -0.25) is 9.42 Å². The minimum atomic E-state index is -4.60. The molecule has 2 heterocycles. The number of thioether (sulfide) groups is 1. The van der Waals surface area contributed by atoms with E-state index in [1.807, 2.05) is 13.0 Å². The summed E-state index contributed by atoms with van der Waals surface area (Å²) in [6, 6.07) is 0. The number of allylic oxidation sites excluding steroid dienone is 1. The lowest BCUT2D eigenvalue weighted by Gasteiger charge is -2.45. The molecule has 3 aliphatic rings. The van der Waals surface area contributed by atoms with Crippen LogP contribution >= 0.6 is 11.8 Å². The number of halogens is 5. The molecule has 1 saturated heterocycles. The van der Waals surface area contributed by atoms with Gasteiger partial charge in [0.15, 0.2) is 6.29 Å². The Labute approximate surface area is 223 Å². The summed E-state index contributed by atoms with van der Waals surface area (Å²) in [5, 5.41) is 15.3. The number of hydrogen-bond acceptors (Lipinski definition) is 7. The molecular weight excluding hydrogens is 533 g/mol. The molecule has 1 N–H and O–H groups in total. The topological polar surface area (TPSA) is 78.6 Å². The zero-order valence-electron chi connectivity index (χ0n) is 21.3. The lowest BCUT2D eigenvalue weighted by molar-refractivity contribution is -0.345. The number of aromatic nitrogens is 3. The fourth-order valence-electron chi connectivity index (χ4n) is 5.68. The highest BCUT2D eigenvalue weighted by atomic mass is 32.2. The molecule has 2 saturated carbocycles. The number of hydrogen-bond donors (Lipinski definition) is 1. The highest BCUT2D eigenvalue weighted by molar-refractivity contribution is 8.00. The standard InChI is InChI=1S/C25H36F5N3O4S/c1-16(24(34,13-33-15-31-14-32-33)21-8-5-18(26)10-22(21)27)38-20-11-35-23(36-12-20)9-4-17-2-6-19(7-3-17)37-25(28,29)30/h4,9,14-23,34H,2-3,5-8,10-13H2,1H3/b9-4+/t16-,17?,18?,19?,20?,21?,22?,23?,24?/m1/s1.